The number of benzene rings is 1. The summed E-state index contributed by atoms with van der Waals surface area (Å²) in [6.45, 7) is 1.95. The molecule has 0 aliphatic carbocycles. The third kappa shape index (κ3) is 1.72. The van der Waals surface area contributed by atoms with Gasteiger partial charge < -0.3 is 4.98 Å². The second kappa shape index (κ2) is 3.97. The van der Waals surface area contributed by atoms with E-state index in [1.165, 1.54) is 0 Å². The minimum Gasteiger partial charge on any atom is -0.338 e. The van der Waals surface area contributed by atoms with E-state index in [0.717, 1.165) is 28.1 Å². The third-order valence-electron chi connectivity index (χ3n) is 2.80. The SMILES string of the molecule is Cc1ccc(-c2nc3ccc(C#N)cc3[nH]2)cn1. The number of imidazole rings is 1. The number of hydrogen-bond donors (Lipinski definition) is 1. The third-order valence-corrected chi connectivity index (χ3v) is 2.80. The molecular formula is C14H10N4. The van der Waals surface area contributed by atoms with Crippen LogP contribution in [0.4, 0.5) is 0 Å². The summed E-state index contributed by atoms with van der Waals surface area (Å²) in [5.41, 5.74) is 4.26. The van der Waals surface area contributed by atoms with Crippen molar-refractivity contribution in [3.8, 4) is 17.5 Å². The fourth-order valence-electron chi connectivity index (χ4n) is 1.82. The van der Waals surface area contributed by atoms with Crippen LogP contribution in [0.3, 0.4) is 0 Å². The van der Waals surface area contributed by atoms with E-state index in [-0.39, 0.29) is 0 Å². The maximum absolute atomic E-state index is 8.86. The van der Waals surface area contributed by atoms with Crippen molar-refractivity contribution in [3.63, 3.8) is 0 Å². The fraction of sp³-hybridized carbons (Fsp3) is 0.0714. The van der Waals surface area contributed by atoms with E-state index < -0.39 is 0 Å². The molecule has 1 aromatic carbocycles. The predicted molar refractivity (Wildman–Crippen MR) is 68.8 cm³/mol. The average Bonchev–Trinajstić information content (AvgIpc) is 2.82. The van der Waals surface area contributed by atoms with Crippen molar-refractivity contribution in [2.45, 2.75) is 6.92 Å². The largest absolute Gasteiger partial charge is 0.338 e. The Balaban J connectivity index is 2.13. The molecule has 18 heavy (non-hydrogen) atoms. The summed E-state index contributed by atoms with van der Waals surface area (Å²) in [6.07, 6.45) is 1.79. The van der Waals surface area contributed by atoms with Crippen LogP contribution in [0.5, 0.6) is 0 Å². The highest BCUT2D eigenvalue weighted by Crippen LogP contribution is 2.20. The van der Waals surface area contributed by atoms with Crippen LogP contribution in [-0.4, -0.2) is 15.0 Å². The number of nitrogens with one attached hydrogen (secondary N) is 1. The maximum atomic E-state index is 8.86. The number of nitrogens with zero attached hydrogens (tertiary/aromatic N) is 3. The predicted octanol–water partition coefficient (Wildman–Crippen LogP) is 2.81. The first-order chi connectivity index (χ1) is 8.76. The molecular weight excluding hydrogens is 224 g/mol. The van der Waals surface area contributed by atoms with Crippen molar-refractivity contribution in [2.24, 2.45) is 0 Å². The van der Waals surface area contributed by atoms with E-state index in [2.05, 4.69) is 21.0 Å². The van der Waals surface area contributed by atoms with Crippen LogP contribution >= 0.6 is 0 Å². The standard InChI is InChI=1S/C14H10N4/c1-9-2-4-11(8-16-9)14-17-12-5-3-10(7-15)6-13(12)18-14/h2-6,8H,1H3,(H,17,18). The second-order valence-electron chi connectivity index (χ2n) is 4.12. The molecule has 0 unspecified atom stereocenters. The number of pyridine rings is 1. The minimum absolute atomic E-state index is 0.625. The number of nitriles is 1. The summed E-state index contributed by atoms with van der Waals surface area (Å²) >= 11 is 0. The number of hydrogen-bond acceptors (Lipinski definition) is 3. The molecule has 0 spiro atoms. The molecule has 0 saturated heterocycles. The summed E-state index contributed by atoms with van der Waals surface area (Å²) in [6, 6.07) is 11.4. The molecule has 0 radical (unpaired) electrons. The van der Waals surface area contributed by atoms with Gasteiger partial charge in [0.1, 0.15) is 5.82 Å². The minimum atomic E-state index is 0.625. The van der Waals surface area contributed by atoms with E-state index in [4.69, 9.17) is 5.26 Å². The van der Waals surface area contributed by atoms with Crippen molar-refractivity contribution >= 4 is 11.0 Å². The van der Waals surface area contributed by atoms with Crippen LogP contribution < -0.4 is 0 Å². The van der Waals surface area contributed by atoms with Crippen LogP contribution in [-0.2, 0) is 0 Å². The quantitative estimate of drug-likeness (QED) is 0.704. The van der Waals surface area contributed by atoms with Crippen LogP contribution in [0.25, 0.3) is 22.4 Å². The Morgan fingerprint density at radius 1 is 1.22 bits per heavy atom. The second-order valence-corrected chi connectivity index (χ2v) is 4.12. The van der Waals surface area contributed by atoms with E-state index in [0.29, 0.717) is 5.56 Å². The van der Waals surface area contributed by atoms with Gasteiger partial charge in [-0.3, -0.25) is 4.98 Å². The number of aromatic nitrogens is 3. The van der Waals surface area contributed by atoms with Crippen molar-refractivity contribution < 1.29 is 0 Å². The van der Waals surface area contributed by atoms with Crippen LogP contribution in [0.15, 0.2) is 36.5 Å². The summed E-state index contributed by atoms with van der Waals surface area (Å²) in [5.74, 6) is 0.771. The van der Waals surface area contributed by atoms with Gasteiger partial charge in [0.05, 0.1) is 22.7 Å². The summed E-state index contributed by atoms with van der Waals surface area (Å²) < 4.78 is 0. The number of aromatic amines is 1. The molecule has 4 nitrogen and oxygen atoms in total. The molecule has 0 atom stereocenters. The Bertz CT molecular complexity index is 748. The van der Waals surface area contributed by atoms with Gasteiger partial charge in [-0.15, -0.1) is 0 Å². The molecule has 0 bridgehead atoms. The van der Waals surface area contributed by atoms with Gasteiger partial charge in [0.15, 0.2) is 0 Å². The van der Waals surface area contributed by atoms with Crippen molar-refractivity contribution in [2.75, 3.05) is 0 Å². The molecule has 0 aliphatic heterocycles. The van der Waals surface area contributed by atoms with E-state index in [9.17, 15) is 0 Å². The topological polar surface area (TPSA) is 65.4 Å². The number of H-pyrrole nitrogens is 1. The molecule has 0 aliphatic rings. The van der Waals surface area contributed by atoms with Crippen LogP contribution in [0, 0.1) is 18.3 Å². The van der Waals surface area contributed by atoms with Gasteiger partial charge in [0.25, 0.3) is 0 Å². The smallest absolute Gasteiger partial charge is 0.140 e. The lowest BCUT2D eigenvalue weighted by Crippen LogP contribution is -1.84. The molecule has 1 N–H and O–H groups in total. The summed E-state index contributed by atoms with van der Waals surface area (Å²) in [7, 11) is 0. The number of fused-ring (bicyclic) bond motifs is 1. The van der Waals surface area contributed by atoms with Gasteiger partial charge >= 0.3 is 0 Å². The zero-order valence-electron chi connectivity index (χ0n) is 9.81. The molecule has 0 saturated carbocycles. The molecule has 4 heteroatoms. The van der Waals surface area contributed by atoms with Crippen molar-refractivity contribution in [3.05, 3.63) is 47.8 Å². The zero-order valence-corrected chi connectivity index (χ0v) is 9.81. The molecule has 3 aromatic rings. The Morgan fingerprint density at radius 2 is 2.11 bits per heavy atom. The first-order valence-corrected chi connectivity index (χ1v) is 5.59. The van der Waals surface area contributed by atoms with Gasteiger partial charge in [-0.25, -0.2) is 4.98 Å². The summed E-state index contributed by atoms with van der Waals surface area (Å²) in [5, 5.41) is 8.86. The molecule has 0 fully saturated rings. The Labute approximate surface area is 104 Å². The first kappa shape index (κ1) is 10.5. The first-order valence-electron chi connectivity index (χ1n) is 5.59. The lowest BCUT2D eigenvalue weighted by Gasteiger charge is -1.95. The molecule has 3 rings (SSSR count). The van der Waals surface area contributed by atoms with Gasteiger partial charge in [0.2, 0.25) is 0 Å². The number of rotatable bonds is 1. The average molecular weight is 234 g/mol. The Hall–Kier alpha value is -2.67. The number of aryl methyl sites for hydroxylation is 1. The van der Waals surface area contributed by atoms with Gasteiger partial charge in [-0.1, -0.05) is 0 Å². The highest BCUT2D eigenvalue weighted by Gasteiger charge is 2.06. The van der Waals surface area contributed by atoms with Crippen molar-refractivity contribution in [1.29, 1.82) is 5.26 Å². The molecule has 86 valence electrons. The fourth-order valence-corrected chi connectivity index (χ4v) is 1.82. The molecule has 2 aromatic heterocycles. The zero-order chi connectivity index (χ0) is 12.5. The van der Waals surface area contributed by atoms with E-state index in [1.807, 2.05) is 25.1 Å². The summed E-state index contributed by atoms with van der Waals surface area (Å²) in [4.78, 5) is 11.9. The molecule has 0 amide bonds. The highest BCUT2D eigenvalue weighted by molar-refractivity contribution is 5.80. The normalized spacial score (nSPS) is 10.4. The van der Waals surface area contributed by atoms with Gasteiger partial charge in [-0.2, -0.15) is 5.26 Å². The van der Waals surface area contributed by atoms with Crippen LogP contribution in [0.2, 0.25) is 0 Å². The Morgan fingerprint density at radius 3 is 2.83 bits per heavy atom. The molecule has 2 heterocycles. The maximum Gasteiger partial charge on any atom is 0.140 e. The van der Waals surface area contributed by atoms with E-state index >= 15 is 0 Å². The highest BCUT2D eigenvalue weighted by atomic mass is 14.9. The lowest BCUT2D eigenvalue weighted by atomic mass is 10.2. The van der Waals surface area contributed by atoms with Gasteiger partial charge in [0, 0.05) is 17.5 Å². The van der Waals surface area contributed by atoms with E-state index in [1.54, 1.807) is 18.3 Å². The van der Waals surface area contributed by atoms with Crippen LogP contribution in [0.1, 0.15) is 11.3 Å². The van der Waals surface area contributed by atoms with Gasteiger partial charge in [-0.05, 0) is 37.3 Å². The monoisotopic (exact) mass is 234 g/mol. The van der Waals surface area contributed by atoms with Crippen molar-refractivity contribution in [1.82, 2.24) is 15.0 Å². The Kier molecular flexibility index (Phi) is 2.31. The lowest BCUT2D eigenvalue weighted by molar-refractivity contribution is 1.19.